The SMILES string of the molecule is CN(C(=O)CN1C[C@@H](O)[C@@H](O)C1)C1CCS(=O)(=O)C1. The molecule has 0 aromatic rings. The molecule has 8 heteroatoms. The number of β-amino-alcohol motifs (C(OH)–C–C–N with tert-alkyl or cyclic N) is 2. The van der Waals surface area contributed by atoms with Gasteiger partial charge >= 0.3 is 0 Å². The lowest BCUT2D eigenvalue weighted by Gasteiger charge is -2.25. The Hall–Kier alpha value is -0.700. The van der Waals surface area contributed by atoms with E-state index in [1.54, 1.807) is 11.9 Å². The van der Waals surface area contributed by atoms with E-state index in [2.05, 4.69) is 0 Å². The fourth-order valence-corrected chi connectivity index (χ4v) is 4.34. The topological polar surface area (TPSA) is 98.2 Å². The van der Waals surface area contributed by atoms with Crippen molar-refractivity contribution < 1.29 is 23.4 Å². The van der Waals surface area contributed by atoms with Crippen LogP contribution in [0.1, 0.15) is 6.42 Å². The van der Waals surface area contributed by atoms with Crippen molar-refractivity contribution in [3.63, 3.8) is 0 Å². The second-order valence-electron chi connectivity index (χ2n) is 5.39. The van der Waals surface area contributed by atoms with Crippen molar-refractivity contribution in [2.75, 3.05) is 38.2 Å². The molecular weight excluding hydrogens is 272 g/mol. The lowest BCUT2D eigenvalue weighted by atomic mass is 10.2. The summed E-state index contributed by atoms with van der Waals surface area (Å²) in [5.41, 5.74) is 0. The molecule has 0 aromatic carbocycles. The third-order valence-electron chi connectivity index (χ3n) is 3.84. The van der Waals surface area contributed by atoms with Crippen LogP contribution in [0.3, 0.4) is 0 Å². The van der Waals surface area contributed by atoms with Crippen LogP contribution >= 0.6 is 0 Å². The second-order valence-corrected chi connectivity index (χ2v) is 7.62. The summed E-state index contributed by atoms with van der Waals surface area (Å²) in [6.45, 7) is 0.634. The Bertz CT molecular complexity index is 442. The fourth-order valence-electron chi connectivity index (χ4n) is 2.56. The highest BCUT2D eigenvalue weighted by atomic mass is 32.2. The summed E-state index contributed by atoms with van der Waals surface area (Å²) in [4.78, 5) is 15.2. The van der Waals surface area contributed by atoms with E-state index in [-0.39, 0.29) is 43.1 Å². The minimum Gasteiger partial charge on any atom is -0.389 e. The maximum absolute atomic E-state index is 12.0. The molecule has 3 atom stereocenters. The van der Waals surface area contributed by atoms with Gasteiger partial charge in [0.25, 0.3) is 0 Å². The highest BCUT2D eigenvalue weighted by Crippen LogP contribution is 2.17. The van der Waals surface area contributed by atoms with Gasteiger partial charge in [0, 0.05) is 26.2 Å². The Morgan fingerprint density at radius 3 is 2.37 bits per heavy atom. The summed E-state index contributed by atoms with van der Waals surface area (Å²) >= 11 is 0. The van der Waals surface area contributed by atoms with Gasteiger partial charge < -0.3 is 15.1 Å². The van der Waals surface area contributed by atoms with Crippen molar-refractivity contribution in [2.24, 2.45) is 0 Å². The monoisotopic (exact) mass is 292 g/mol. The standard InChI is InChI=1S/C11H20N2O5S/c1-12(8-2-3-19(17,18)7-8)11(16)6-13-4-9(14)10(15)5-13/h8-10,14-15H,2-7H2,1H3/t8?,9-,10+. The van der Waals surface area contributed by atoms with Crippen LogP contribution in [0, 0.1) is 0 Å². The van der Waals surface area contributed by atoms with Crippen molar-refractivity contribution >= 4 is 15.7 Å². The number of aliphatic hydroxyl groups excluding tert-OH is 2. The number of rotatable bonds is 3. The minimum absolute atomic E-state index is 0.0283. The van der Waals surface area contributed by atoms with E-state index in [9.17, 15) is 23.4 Å². The van der Waals surface area contributed by atoms with E-state index >= 15 is 0 Å². The Kier molecular flexibility index (Phi) is 4.14. The van der Waals surface area contributed by atoms with Crippen LogP contribution in [0.15, 0.2) is 0 Å². The summed E-state index contributed by atoms with van der Waals surface area (Å²) in [6, 6.07) is -0.255. The van der Waals surface area contributed by atoms with Gasteiger partial charge in [0.15, 0.2) is 9.84 Å². The van der Waals surface area contributed by atoms with Crippen LogP contribution in [0.2, 0.25) is 0 Å². The number of carbonyl (C=O) groups is 1. The number of amides is 1. The Morgan fingerprint density at radius 1 is 1.32 bits per heavy atom. The number of aliphatic hydroxyl groups is 2. The van der Waals surface area contributed by atoms with Gasteiger partial charge in [0.1, 0.15) is 0 Å². The molecule has 19 heavy (non-hydrogen) atoms. The second kappa shape index (κ2) is 5.35. The van der Waals surface area contributed by atoms with Gasteiger partial charge in [-0.25, -0.2) is 8.42 Å². The first kappa shape index (κ1) is 14.7. The van der Waals surface area contributed by atoms with Gasteiger partial charge in [-0.05, 0) is 6.42 Å². The van der Waals surface area contributed by atoms with Crippen molar-refractivity contribution in [3.8, 4) is 0 Å². The van der Waals surface area contributed by atoms with E-state index in [1.165, 1.54) is 4.90 Å². The molecular formula is C11H20N2O5S. The van der Waals surface area contributed by atoms with Crippen molar-refractivity contribution in [3.05, 3.63) is 0 Å². The normalized spacial score (nSPS) is 34.6. The molecule has 7 nitrogen and oxygen atoms in total. The first-order chi connectivity index (χ1) is 8.78. The first-order valence-electron chi connectivity index (χ1n) is 6.33. The molecule has 0 bridgehead atoms. The van der Waals surface area contributed by atoms with Crippen LogP contribution in [-0.4, -0.2) is 90.8 Å². The zero-order valence-corrected chi connectivity index (χ0v) is 11.7. The molecule has 0 saturated carbocycles. The van der Waals surface area contributed by atoms with Crippen molar-refractivity contribution in [2.45, 2.75) is 24.7 Å². The average Bonchev–Trinajstić information content (AvgIpc) is 2.81. The molecule has 2 heterocycles. The maximum atomic E-state index is 12.0. The van der Waals surface area contributed by atoms with Gasteiger partial charge in [-0.1, -0.05) is 0 Å². The summed E-state index contributed by atoms with van der Waals surface area (Å²) in [6.07, 6.45) is -1.15. The molecule has 110 valence electrons. The van der Waals surface area contributed by atoms with E-state index in [4.69, 9.17) is 0 Å². The predicted molar refractivity (Wildman–Crippen MR) is 68.3 cm³/mol. The van der Waals surface area contributed by atoms with Crippen LogP contribution in [0.5, 0.6) is 0 Å². The van der Waals surface area contributed by atoms with Gasteiger partial charge in [-0.2, -0.15) is 0 Å². The summed E-state index contributed by atoms with van der Waals surface area (Å²) in [5.74, 6) is -0.0138. The van der Waals surface area contributed by atoms with E-state index in [0.717, 1.165) is 0 Å². The Balaban J connectivity index is 1.87. The Morgan fingerprint density at radius 2 is 1.89 bits per heavy atom. The smallest absolute Gasteiger partial charge is 0.236 e. The lowest BCUT2D eigenvalue weighted by molar-refractivity contribution is -0.132. The highest BCUT2D eigenvalue weighted by molar-refractivity contribution is 7.91. The molecule has 1 unspecified atom stereocenters. The number of hydrogen-bond acceptors (Lipinski definition) is 6. The molecule has 2 fully saturated rings. The fraction of sp³-hybridized carbons (Fsp3) is 0.909. The molecule has 2 N–H and O–H groups in total. The highest BCUT2D eigenvalue weighted by Gasteiger charge is 2.35. The number of carbonyl (C=O) groups excluding carboxylic acids is 1. The third-order valence-corrected chi connectivity index (χ3v) is 5.59. The molecule has 2 aliphatic rings. The molecule has 0 aliphatic carbocycles. The molecule has 0 spiro atoms. The van der Waals surface area contributed by atoms with Gasteiger partial charge in [-0.15, -0.1) is 0 Å². The average molecular weight is 292 g/mol. The maximum Gasteiger partial charge on any atom is 0.236 e. The van der Waals surface area contributed by atoms with Crippen molar-refractivity contribution in [1.29, 1.82) is 0 Å². The molecule has 2 rings (SSSR count). The number of hydrogen-bond donors (Lipinski definition) is 2. The van der Waals surface area contributed by atoms with Gasteiger partial charge in [-0.3, -0.25) is 9.69 Å². The van der Waals surface area contributed by atoms with Crippen LogP contribution in [0.4, 0.5) is 0 Å². The minimum atomic E-state index is -3.01. The molecule has 0 radical (unpaired) electrons. The lowest BCUT2D eigenvalue weighted by Crippen LogP contribution is -2.43. The summed E-state index contributed by atoms with van der Waals surface area (Å²) in [7, 11) is -1.40. The van der Waals surface area contributed by atoms with E-state index in [1.807, 2.05) is 0 Å². The number of likely N-dealkylation sites (N-methyl/N-ethyl adjacent to an activating group) is 1. The van der Waals surface area contributed by atoms with Crippen LogP contribution < -0.4 is 0 Å². The Labute approximate surface area is 112 Å². The quantitative estimate of drug-likeness (QED) is 0.605. The molecule has 0 aromatic heterocycles. The number of sulfone groups is 1. The van der Waals surface area contributed by atoms with E-state index in [0.29, 0.717) is 6.42 Å². The van der Waals surface area contributed by atoms with Gasteiger partial charge in [0.05, 0.1) is 30.3 Å². The third kappa shape index (κ3) is 3.44. The molecule has 2 saturated heterocycles. The summed E-state index contributed by atoms with van der Waals surface area (Å²) < 4.78 is 22.8. The van der Waals surface area contributed by atoms with Crippen LogP contribution in [-0.2, 0) is 14.6 Å². The zero-order chi connectivity index (χ0) is 14.2. The van der Waals surface area contributed by atoms with E-state index < -0.39 is 22.0 Å². The molecule has 1 amide bonds. The predicted octanol–water partition coefficient (Wildman–Crippen LogP) is -2.33. The molecule has 2 aliphatic heterocycles. The zero-order valence-electron chi connectivity index (χ0n) is 10.9. The largest absolute Gasteiger partial charge is 0.389 e. The summed E-state index contributed by atoms with van der Waals surface area (Å²) in [5, 5.41) is 18.8. The first-order valence-corrected chi connectivity index (χ1v) is 8.15. The number of nitrogens with zero attached hydrogens (tertiary/aromatic N) is 2. The van der Waals surface area contributed by atoms with Crippen molar-refractivity contribution in [1.82, 2.24) is 9.80 Å². The van der Waals surface area contributed by atoms with Crippen LogP contribution in [0.25, 0.3) is 0 Å². The number of likely N-dealkylation sites (tertiary alicyclic amines) is 1. The van der Waals surface area contributed by atoms with Gasteiger partial charge in [0.2, 0.25) is 5.91 Å².